The van der Waals surface area contributed by atoms with Crippen molar-refractivity contribution in [3.05, 3.63) is 111 Å². The van der Waals surface area contributed by atoms with Crippen LogP contribution in [0.3, 0.4) is 0 Å². The number of nitrogens with zero attached hydrogens (tertiary/aromatic N) is 6. The molecular weight excluding hydrogens is 561 g/mol. The lowest BCUT2D eigenvalue weighted by atomic mass is 10.0. The minimum atomic E-state index is -0.685. The molecule has 11 heteroatoms. The monoisotopic (exact) mass is 593 g/mol. The highest BCUT2D eigenvalue weighted by Gasteiger charge is 2.23. The number of hydrogen-bond donors (Lipinski definition) is 2. The van der Waals surface area contributed by atoms with Crippen molar-refractivity contribution < 1.29 is 9.50 Å². The van der Waals surface area contributed by atoms with Crippen molar-refractivity contribution in [2.45, 2.75) is 32.4 Å². The van der Waals surface area contributed by atoms with Gasteiger partial charge in [0.2, 0.25) is 0 Å². The van der Waals surface area contributed by atoms with E-state index in [0.29, 0.717) is 45.2 Å². The van der Waals surface area contributed by atoms with Crippen molar-refractivity contribution in [2.24, 2.45) is 7.05 Å². The van der Waals surface area contributed by atoms with Gasteiger partial charge in [-0.15, -0.1) is 0 Å². The highest BCUT2D eigenvalue weighted by molar-refractivity contribution is 5.85. The summed E-state index contributed by atoms with van der Waals surface area (Å²) in [5.41, 5.74) is 3.00. The number of aryl methyl sites for hydroxylation is 1. The summed E-state index contributed by atoms with van der Waals surface area (Å²) >= 11 is 0. The second kappa shape index (κ2) is 11.6. The van der Waals surface area contributed by atoms with Crippen LogP contribution in [0.1, 0.15) is 42.5 Å². The van der Waals surface area contributed by atoms with Crippen LogP contribution in [0.25, 0.3) is 33.3 Å². The first-order chi connectivity index (χ1) is 21.2. The molecule has 1 fully saturated rings. The Morgan fingerprint density at radius 1 is 1.11 bits per heavy atom. The van der Waals surface area contributed by atoms with Crippen LogP contribution in [0.15, 0.2) is 77.1 Å². The molecule has 10 nitrogen and oxygen atoms in total. The number of allylic oxidation sites excluding steroid dienone is 1. The van der Waals surface area contributed by atoms with E-state index < -0.39 is 18.0 Å². The van der Waals surface area contributed by atoms with Crippen LogP contribution in [0.2, 0.25) is 0 Å². The van der Waals surface area contributed by atoms with Gasteiger partial charge < -0.3 is 10.4 Å². The summed E-state index contributed by atoms with van der Waals surface area (Å²) in [4.78, 5) is 33.4. The SMILES string of the molecule is C=C(C)c1cc(F)c2c(=O)n(-c3cccc(-c4cc(Nc5ccc([C@H]6CCCN6C)cn5)c(=O)n(C)n4)c3CO)ncc2c1. The van der Waals surface area contributed by atoms with E-state index in [1.807, 2.05) is 18.3 Å². The first-order valence-electron chi connectivity index (χ1n) is 14.3. The molecule has 224 valence electrons. The molecule has 5 aromatic rings. The smallest absolute Gasteiger partial charge is 0.290 e. The van der Waals surface area contributed by atoms with Gasteiger partial charge in [-0.2, -0.15) is 14.9 Å². The molecule has 0 aliphatic carbocycles. The van der Waals surface area contributed by atoms with Crippen LogP contribution >= 0.6 is 0 Å². The van der Waals surface area contributed by atoms with Gasteiger partial charge in [-0.25, -0.2) is 14.1 Å². The van der Waals surface area contributed by atoms with Crippen LogP contribution in [0.4, 0.5) is 15.9 Å². The van der Waals surface area contributed by atoms with Crippen LogP contribution in [0.5, 0.6) is 0 Å². The molecule has 0 amide bonds. The number of halogens is 1. The second-order valence-electron chi connectivity index (χ2n) is 11.1. The number of hydrogen-bond acceptors (Lipinski definition) is 8. The number of aromatic nitrogens is 5. The maximum Gasteiger partial charge on any atom is 0.290 e. The first kappa shape index (κ1) is 29.1. The summed E-state index contributed by atoms with van der Waals surface area (Å²) in [7, 11) is 3.63. The molecule has 4 heterocycles. The first-order valence-corrected chi connectivity index (χ1v) is 14.3. The lowest BCUT2D eigenvalue weighted by Gasteiger charge is -2.19. The molecule has 2 aromatic carbocycles. The minimum Gasteiger partial charge on any atom is -0.392 e. The zero-order valence-corrected chi connectivity index (χ0v) is 24.7. The molecule has 6 rings (SSSR count). The molecule has 0 radical (unpaired) electrons. The molecule has 0 unspecified atom stereocenters. The largest absolute Gasteiger partial charge is 0.392 e. The second-order valence-corrected chi connectivity index (χ2v) is 11.1. The van der Waals surface area contributed by atoms with E-state index in [4.69, 9.17) is 0 Å². The van der Waals surface area contributed by atoms with Crippen LogP contribution in [0, 0.1) is 5.82 Å². The number of pyridine rings is 1. The van der Waals surface area contributed by atoms with Crippen molar-refractivity contribution in [1.82, 2.24) is 29.4 Å². The maximum atomic E-state index is 15.1. The normalized spacial score (nSPS) is 15.2. The Bertz CT molecular complexity index is 2040. The minimum absolute atomic E-state index is 0.121. The predicted octanol–water partition coefficient (Wildman–Crippen LogP) is 4.72. The van der Waals surface area contributed by atoms with Crippen molar-refractivity contribution in [2.75, 3.05) is 18.9 Å². The summed E-state index contributed by atoms with van der Waals surface area (Å²) in [6.07, 6.45) is 5.46. The number of anilines is 2. The summed E-state index contributed by atoms with van der Waals surface area (Å²) in [5.74, 6) is -0.181. The third kappa shape index (κ3) is 5.20. The van der Waals surface area contributed by atoms with Gasteiger partial charge in [0.1, 0.15) is 17.3 Å². The Balaban J connectivity index is 1.39. The Labute approximate surface area is 252 Å². The zero-order chi connectivity index (χ0) is 31.1. The molecule has 1 aliphatic rings. The topological polar surface area (TPSA) is 118 Å². The molecular formula is C33H32FN7O3. The maximum absolute atomic E-state index is 15.1. The standard InChI is InChI=1S/C33H32FN7O3/c1-19(2)21-13-22-17-36-41(33(44)31(22)25(34)14-21)29-8-5-7-23(24(29)18-42)26-15-27(32(43)40(4)38-26)37-30-11-10-20(16-35-30)28-9-6-12-39(28)3/h5,7-8,10-11,13-17,28,42H,1,6,9,12,18H2,2-4H3,(H,35,37)/t28-/m1/s1. The quantitative estimate of drug-likeness (QED) is 0.279. The summed E-state index contributed by atoms with van der Waals surface area (Å²) < 4.78 is 17.4. The van der Waals surface area contributed by atoms with Gasteiger partial charge in [-0.3, -0.25) is 14.5 Å². The molecule has 0 saturated carbocycles. The number of aliphatic hydroxyl groups is 1. The Kier molecular flexibility index (Phi) is 7.66. The number of benzene rings is 2. The van der Waals surface area contributed by atoms with Gasteiger partial charge in [0.05, 0.1) is 29.6 Å². The molecule has 1 atom stereocenters. The van der Waals surface area contributed by atoms with E-state index in [2.05, 4.69) is 39.0 Å². The highest BCUT2D eigenvalue weighted by Crippen LogP contribution is 2.31. The number of nitrogens with one attached hydrogen (secondary N) is 1. The molecule has 0 spiro atoms. The predicted molar refractivity (Wildman–Crippen MR) is 169 cm³/mol. The van der Waals surface area contributed by atoms with Gasteiger partial charge in [0, 0.05) is 35.8 Å². The van der Waals surface area contributed by atoms with E-state index in [-0.39, 0.29) is 22.3 Å². The van der Waals surface area contributed by atoms with Gasteiger partial charge in [-0.1, -0.05) is 30.4 Å². The zero-order valence-electron chi connectivity index (χ0n) is 24.7. The third-order valence-corrected chi connectivity index (χ3v) is 8.16. The number of rotatable bonds is 7. The fourth-order valence-electron chi connectivity index (χ4n) is 5.81. The average Bonchev–Trinajstić information content (AvgIpc) is 3.44. The van der Waals surface area contributed by atoms with Crippen molar-refractivity contribution in [3.63, 3.8) is 0 Å². The Hall–Kier alpha value is -5.00. The summed E-state index contributed by atoms with van der Waals surface area (Å²) in [6.45, 7) is 6.18. The van der Waals surface area contributed by atoms with E-state index in [0.717, 1.165) is 29.6 Å². The third-order valence-electron chi connectivity index (χ3n) is 8.16. The summed E-state index contributed by atoms with van der Waals surface area (Å²) in [6, 6.07) is 13.7. The van der Waals surface area contributed by atoms with E-state index in [1.54, 1.807) is 37.3 Å². The van der Waals surface area contributed by atoms with Crippen LogP contribution < -0.4 is 16.4 Å². The molecule has 3 aromatic heterocycles. The van der Waals surface area contributed by atoms with Crippen molar-refractivity contribution >= 4 is 27.9 Å². The lowest BCUT2D eigenvalue weighted by Crippen LogP contribution is -2.24. The fraction of sp³-hybridized carbons (Fsp3) is 0.242. The van der Waals surface area contributed by atoms with Gasteiger partial charge >= 0.3 is 0 Å². The molecule has 2 N–H and O–H groups in total. The average molecular weight is 594 g/mol. The lowest BCUT2D eigenvalue weighted by molar-refractivity contribution is 0.281. The van der Waals surface area contributed by atoms with E-state index in [9.17, 15) is 14.7 Å². The molecule has 0 bridgehead atoms. The van der Waals surface area contributed by atoms with Crippen LogP contribution in [-0.2, 0) is 13.7 Å². The fourth-order valence-corrected chi connectivity index (χ4v) is 5.81. The summed E-state index contributed by atoms with van der Waals surface area (Å²) in [5, 5.41) is 22.6. The van der Waals surface area contributed by atoms with Gasteiger partial charge in [0.25, 0.3) is 11.1 Å². The number of likely N-dealkylation sites (tertiary alicyclic amines) is 1. The number of fused-ring (bicyclic) bond motifs is 1. The van der Waals surface area contributed by atoms with E-state index in [1.165, 1.54) is 24.0 Å². The van der Waals surface area contributed by atoms with Gasteiger partial charge in [0.15, 0.2) is 0 Å². The molecule has 1 aliphatic heterocycles. The molecule has 1 saturated heterocycles. The van der Waals surface area contributed by atoms with E-state index >= 15 is 4.39 Å². The van der Waals surface area contributed by atoms with Crippen LogP contribution in [-0.4, -0.2) is 48.1 Å². The van der Waals surface area contributed by atoms with Gasteiger partial charge in [-0.05, 0) is 74.8 Å². The number of aliphatic hydroxyl groups excluding tert-OH is 1. The molecule has 44 heavy (non-hydrogen) atoms. The Morgan fingerprint density at radius 3 is 2.61 bits per heavy atom. The van der Waals surface area contributed by atoms with Crippen molar-refractivity contribution in [3.8, 4) is 16.9 Å². The van der Waals surface area contributed by atoms with Crippen molar-refractivity contribution in [1.29, 1.82) is 0 Å². The highest BCUT2D eigenvalue weighted by atomic mass is 19.1. The Morgan fingerprint density at radius 2 is 1.93 bits per heavy atom.